The number of hydrogen-bond acceptors (Lipinski definition) is 4. The molecule has 2 saturated carbocycles. The van der Waals surface area contributed by atoms with Gasteiger partial charge in [-0.1, -0.05) is 24.6 Å². The van der Waals surface area contributed by atoms with Crippen molar-refractivity contribution in [2.75, 3.05) is 5.73 Å². The Kier molecular flexibility index (Phi) is 4.38. The second-order valence-corrected chi connectivity index (χ2v) is 10.1. The van der Waals surface area contributed by atoms with E-state index < -0.39 is 11.0 Å². The third-order valence-electron chi connectivity index (χ3n) is 8.81. The van der Waals surface area contributed by atoms with E-state index in [-0.39, 0.29) is 17.5 Å². The maximum Gasteiger partial charge on any atom is 0.161 e. The Labute approximate surface area is 178 Å². The van der Waals surface area contributed by atoms with Gasteiger partial charge in [-0.25, -0.2) is 0 Å². The minimum Gasteiger partial charge on any atom is -0.399 e. The lowest BCUT2D eigenvalue weighted by Crippen LogP contribution is -2.55. The number of carbonyl (C=O) groups is 2. The molecule has 5 atom stereocenters. The van der Waals surface area contributed by atoms with Crippen LogP contribution in [0.3, 0.4) is 0 Å². The van der Waals surface area contributed by atoms with E-state index in [1.165, 1.54) is 22.3 Å². The van der Waals surface area contributed by atoms with Crippen LogP contribution >= 0.6 is 0 Å². The first kappa shape index (κ1) is 19.7. The van der Waals surface area contributed by atoms with Gasteiger partial charge in [-0.15, -0.1) is 0 Å². The Bertz CT molecular complexity index is 988. The molecule has 4 heteroatoms. The molecule has 0 radical (unpaired) electrons. The first-order valence-electron chi connectivity index (χ1n) is 11.3. The van der Waals surface area contributed by atoms with Crippen LogP contribution in [0.4, 0.5) is 5.69 Å². The van der Waals surface area contributed by atoms with Gasteiger partial charge in [0.1, 0.15) is 5.60 Å². The molecule has 158 valence electrons. The summed E-state index contributed by atoms with van der Waals surface area (Å²) >= 11 is 0. The smallest absolute Gasteiger partial charge is 0.161 e. The van der Waals surface area contributed by atoms with Gasteiger partial charge in [-0.2, -0.15) is 0 Å². The minimum atomic E-state index is -1.25. The van der Waals surface area contributed by atoms with Crippen LogP contribution in [0.25, 0.3) is 0 Å². The SMILES string of the molecule is CC(=O)[C@@]1(O)CC[C@H]2[C@@H]3CCC4=CC(=O)CCC4=C3[C@@H](c3ccc(N)cc3)C[C@@]21C. The van der Waals surface area contributed by atoms with Crippen molar-refractivity contribution < 1.29 is 14.7 Å². The average Bonchev–Trinajstić information content (AvgIpc) is 2.99. The summed E-state index contributed by atoms with van der Waals surface area (Å²) in [5.74, 6) is 0.953. The molecular weight excluding hydrogens is 374 g/mol. The summed E-state index contributed by atoms with van der Waals surface area (Å²) in [6.45, 7) is 3.70. The summed E-state index contributed by atoms with van der Waals surface area (Å²) in [6, 6.07) is 8.09. The highest BCUT2D eigenvalue weighted by Crippen LogP contribution is 2.66. The average molecular weight is 406 g/mol. The van der Waals surface area contributed by atoms with Crippen molar-refractivity contribution in [3.05, 3.63) is 52.6 Å². The second-order valence-electron chi connectivity index (χ2n) is 10.1. The number of ketones is 2. The number of allylic oxidation sites excluding steroid dienone is 4. The zero-order valence-electron chi connectivity index (χ0n) is 17.9. The van der Waals surface area contributed by atoms with E-state index >= 15 is 0 Å². The van der Waals surface area contributed by atoms with Crippen molar-refractivity contribution in [3.63, 3.8) is 0 Å². The lowest BCUT2D eigenvalue weighted by molar-refractivity contribution is -0.152. The maximum atomic E-state index is 12.6. The van der Waals surface area contributed by atoms with Crippen LogP contribution in [-0.4, -0.2) is 22.3 Å². The Morgan fingerprint density at radius 1 is 1.13 bits per heavy atom. The summed E-state index contributed by atoms with van der Waals surface area (Å²) in [4.78, 5) is 24.7. The summed E-state index contributed by atoms with van der Waals surface area (Å²) in [7, 11) is 0. The fourth-order valence-corrected chi connectivity index (χ4v) is 7.27. The van der Waals surface area contributed by atoms with Gasteiger partial charge in [0, 0.05) is 23.4 Å². The highest BCUT2D eigenvalue weighted by atomic mass is 16.3. The molecular formula is C26H31NO3. The van der Waals surface area contributed by atoms with Crippen LogP contribution in [-0.2, 0) is 9.59 Å². The molecule has 1 aromatic carbocycles. The van der Waals surface area contributed by atoms with Gasteiger partial charge in [0.25, 0.3) is 0 Å². The van der Waals surface area contributed by atoms with Gasteiger partial charge in [0.2, 0.25) is 0 Å². The van der Waals surface area contributed by atoms with Crippen LogP contribution in [0.1, 0.15) is 70.3 Å². The van der Waals surface area contributed by atoms with Crippen LogP contribution < -0.4 is 5.73 Å². The fraction of sp³-hybridized carbons (Fsp3) is 0.538. The predicted molar refractivity (Wildman–Crippen MR) is 117 cm³/mol. The van der Waals surface area contributed by atoms with Crippen molar-refractivity contribution >= 4 is 17.3 Å². The van der Waals surface area contributed by atoms with Crippen molar-refractivity contribution in [2.24, 2.45) is 17.3 Å². The Morgan fingerprint density at radius 2 is 1.87 bits per heavy atom. The van der Waals surface area contributed by atoms with Gasteiger partial charge in [0.05, 0.1) is 0 Å². The Hall–Kier alpha value is -2.20. The lowest BCUT2D eigenvalue weighted by Gasteiger charge is -2.54. The van der Waals surface area contributed by atoms with Crippen LogP contribution in [0, 0.1) is 17.3 Å². The Morgan fingerprint density at radius 3 is 2.57 bits per heavy atom. The third-order valence-corrected chi connectivity index (χ3v) is 8.81. The van der Waals surface area contributed by atoms with E-state index in [1.54, 1.807) is 6.92 Å². The molecule has 0 heterocycles. The van der Waals surface area contributed by atoms with Crippen molar-refractivity contribution in [1.29, 1.82) is 0 Å². The maximum absolute atomic E-state index is 12.6. The van der Waals surface area contributed by atoms with E-state index in [4.69, 9.17) is 5.73 Å². The molecule has 0 aromatic heterocycles. The van der Waals surface area contributed by atoms with Crippen LogP contribution in [0.15, 0.2) is 47.1 Å². The molecule has 4 aliphatic carbocycles. The van der Waals surface area contributed by atoms with E-state index in [0.717, 1.165) is 37.8 Å². The van der Waals surface area contributed by atoms with E-state index in [2.05, 4.69) is 19.1 Å². The first-order chi connectivity index (χ1) is 14.2. The van der Waals surface area contributed by atoms with Crippen molar-refractivity contribution in [3.8, 4) is 0 Å². The second kappa shape index (κ2) is 6.65. The molecule has 4 nitrogen and oxygen atoms in total. The quantitative estimate of drug-likeness (QED) is 0.711. The summed E-state index contributed by atoms with van der Waals surface area (Å²) in [5.41, 5.74) is 10.3. The third kappa shape index (κ3) is 2.62. The van der Waals surface area contributed by atoms with Gasteiger partial charge >= 0.3 is 0 Å². The van der Waals surface area contributed by atoms with Gasteiger partial charge < -0.3 is 10.8 Å². The molecule has 0 spiro atoms. The zero-order valence-corrected chi connectivity index (χ0v) is 17.9. The number of benzene rings is 1. The molecule has 5 rings (SSSR count). The van der Waals surface area contributed by atoms with E-state index in [9.17, 15) is 14.7 Å². The minimum absolute atomic E-state index is 0.0979. The summed E-state index contributed by atoms with van der Waals surface area (Å²) in [6.07, 6.45) is 7.40. The number of Topliss-reactive ketones (excluding diaryl/α,β-unsaturated/α-hetero) is 1. The largest absolute Gasteiger partial charge is 0.399 e. The normalized spacial score (nSPS) is 37.9. The van der Waals surface area contributed by atoms with Crippen LogP contribution in [0.2, 0.25) is 0 Å². The standard InChI is InChI=1S/C26H31NO3/c1-15(28)26(30)12-11-23-21-9-5-17-13-19(29)8-10-20(17)24(21)22(14-25(23,26)2)16-3-6-18(27)7-4-16/h3-4,6-7,13,21-23,30H,5,8-12,14,27H2,1-2H3/t21-,22+,23-,25-,26-/m0/s1. The van der Waals surface area contributed by atoms with E-state index in [1.807, 2.05) is 18.2 Å². The molecule has 30 heavy (non-hydrogen) atoms. The monoisotopic (exact) mass is 405 g/mol. The highest BCUT2D eigenvalue weighted by molar-refractivity contribution is 5.93. The van der Waals surface area contributed by atoms with E-state index in [0.29, 0.717) is 24.7 Å². The van der Waals surface area contributed by atoms with Crippen LogP contribution in [0.5, 0.6) is 0 Å². The van der Waals surface area contributed by atoms with Crippen molar-refractivity contribution in [1.82, 2.24) is 0 Å². The number of rotatable bonds is 2. The molecule has 4 aliphatic rings. The number of hydrogen-bond donors (Lipinski definition) is 2. The predicted octanol–water partition coefficient (Wildman–Crippen LogP) is 4.49. The molecule has 0 bridgehead atoms. The molecule has 0 aliphatic heterocycles. The Balaban J connectivity index is 1.70. The molecule has 1 aromatic rings. The molecule has 0 unspecified atom stereocenters. The fourth-order valence-electron chi connectivity index (χ4n) is 7.27. The first-order valence-corrected chi connectivity index (χ1v) is 11.3. The summed E-state index contributed by atoms with van der Waals surface area (Å²) < 4.78 is 0. The molecule has 3 N–H and O–H groups in total. The van der Waals surface area contributed by atoms with Gasteiger partial charge in [0.15, 0.2) is 11.6 Å². The number of aliphatic hydroxyl groups is 1. The molecule has 0 saturated heterocycles. The lowest BCUT2D eigenvalue weighted by atomic mass is 9.51. The number of nitrogen functional groups attached to an aromatic ring is 1. The van der Waals surface area contributed by atoms with Crippen molar-refractivity contribution in [2.45, 2.75) is 70.3 Å². The van der Waals surface area contributed by atoms with Gasteiger partial charge in [-0.3, -0.25) is 9.59 Å². The zero-order chi connectivity index (χ0) is 21.3. The topological polar surface area (TPSA) is 80.4 Å². The van der Waals surface area contributed by atoms with Gasteiger partial charge in [-0.05, 0) is 92.2 Å². The highest BCUT2D eigenvalue weighted by Gasteiger charge is 2.64. The number of carbonyl (C=O) groups excluding carboxylic acids is 2. The number of fused-ring (bicyclic) bond motifs is 4. The summed E-state index contributed by atoms with van der Waals surface area (Å²) in [5, 5.41) is 11.5. The molecule has 0 amide bonds. The molecule has 2 fully saturated rings. The number of nitrogens with two attached hydrogens (primary N) is 1. The number of anilines is 1.